The normalized spacial score (nSPS) is 10.2. The summed E-state index contributed by atoms with van der Waals surface area (Å²) in [5, 5.41) is 14.4. The SMILES string of the molecule is CNC(=O)c1ccc(CN(C)CCC(=O)Nc2ccccc2C#N)cc1. The van der Waals surface area contributed by atoms with Gasteiger partial charge < -0.3 is 15.5 Å². The van der Waals surface area contributed by atoms with E-state index >= 15 is 0 Å². The summed E-state index contributed by atoms with van der Waals surface area (Å²) in [5.41, 5.74) is 2.67. The highest BCUT2D eigenvalue weighted by molar-refractivity contribution is 5.94. The first-order valence-corrected chi connectivity index (χ1v) is 8.32. The van der Waals surface area contributed by atoms with Gasteiger partial charge in [-0.05, 0) is 36.9 Å². The van der Waals surface area contributed by atoms with Crippen molar-refractivity contribution in [1.82, 2.24) is 10.2 Å². The maximum atomic E-state index is 12.1. The lowest BCUT2D eigenvalue weighted by Gasteiger charge is -2.17. The van der Waals surface area contributed by atoms with E-state index in [-0.39, 0.29) is 11.8 Å². The smallest absolute Gasteiger partial charge is 0.251 e. The summed E-state index contributed by atoms with van der Waals surface area (Å²) in [4.78, 5) is 25.7. The van der Waals surface area contributed by atoms with E-state index < -0.39 is 0 Å². The third kappa shape index (κ3) is 5.43. The molecule has 0 aliphatic carbocycles. The molecule has 0 fully saturated rings. The van der Waals surface area contributed by atoms with Gasteiger partial charge >= 0.3 is 0 Å². The summed E-state index contributed by atoms with van der Waals surface area (Å²) < 4.78 is 0. The molecule has 6 heteroatoms. The van der Waals surface area contributed by atoms with Crippen LogP contribution in [0.2, 0.25) is 0 Å². The first-order chi connectivity index (χ1) is 12.5. The lowest BCUT2D eigenvalue weighted by Crippen LogP contribution is -2.24. The molecule has 26 heavy (non-hydrogen) atoms. The molecule has 2 amide bonds. The number of hydrogen-bond acceptors (Lipinski definition) is 4. The van der Waals surface area contributed by atoms with Gasteiger partial charge in [0, 0.05) is 32.1 Å². The van der Waals surface area contributed by atoms with Gasteiger partial charge in [0.1, 0.15) is 6.07 Å². The Kier molecular flexibility index (Phi) is 6.89. The van der Waals surface area contributed by atoms with Crippen molar-refractivity contribution in [2.75, 3.05) is 26.0 Å². The first kappa shape index (κ1) is 19.2. The highest BCUT2D eigenvalue weighted by atomic mass is 16.2. The van der Waals surface area contributed by atoms with Crippen molar-refractivity contribution in [2.45, 2.75) is 13.0 Å². The van der Waals surface area contributed by atoms with Crippen molar-refractivity contribution < 1.29 is 9.59 Å². The fourth-order valence-electron chi connectivity index (χ4n) is 2.49. The van der Waals surface area contributed by atoms with Crippen LogP contribution in [0.3, 0.4) is 0 Å². The second kappa shape index (κ2) is 9.35. The number of carbonyl (C=O) groups excluding carboxylic acids is 2. The monoisotopic (exact) mass is 350 g/mol. The van der Waals surface area contributed by atoms with Crippen LogP contribution in [0.25, 0.3) is 0 Å². The molecule has 2 N–H and O–H groups in total. The Bertz CT molecular complexity index is 809. The van der Waals surface area contributed by atoms with Crippen LogP contribution in [0, 0.1) is 11.3 Å². The fraction of sp³-hybridized carbons (Fsp3) is 0.250. The Morgan fingerprint density at radius 3 is 2.46 bits per heavy atom. The van der Waals surface area contributed by atoms with Gasteiger partial charge in [-0.25, -0.2) is 0 Å². The Morgan fingerprint density at radius 1 is 1.12 bits per heavy atom. The third-order valence-corrected chi connectivity index (χ3v) is 3.94. The number of nitriles is 1. The molecule has 0 spiro atoms. The summed E-state index contributed by atoms with van der Waals surface area (Å²) in [6, 6.07) is 16.4. The topological polar surface area (TPSA) is 85.2 Å². The number of nitrogens with zero attached hydrogens (tertiary/aromatic N) is 2. The molecule has 2 aromatic carbocycles. The first-order valence-electron chi connectivity index (χ1n) is 8.32. The maximum Gasteiger partial charge on any atom is 0.251 e. The average molecular weight is 350 g/mol. The van der Waals surface area contributed by atoms with Crippen LogP contribution in [0.5, 0.6) is 0 Å². The number of nitrogens with one attached hydrogen (secondary N) is 2. The zero-order valence-corrected chi connectivity index (χ0v) is 15.0. The Labute approximate surface area is 153 Å². The summed E-state index contributed by atoms with van der Waals surface area (Å²) in [7, 11) is 3.53. The molecule has 0 aromatic heterocycles. The third-order valence-electron chi connectivity index (χ3n) is 3.94. The van der Waals surface area contributed by atoms with E-state index in [1.54, 1.807) is 43.4 Å². The van der Waals surface area contributed by atoms with E-state index in [0.29, 0.717) is 36.3 Å². The fourth-order valence-corrected chi connectivity index (χ4v) is 2.49. The molecule has 0 atom stereocenters. The lowest BCUT2D eigenvalue weighted by atomic mass is 10.1. The van der Waals surface area contributed by atoms with E-state index in [9.17, 15) is 9.59 Å². The van der Waals surface area contributed by atoms with Crippen LogP contribution in [-0.2, 0) is 11.3 Å². The molecule has 2 aromatic rings. The zero-order chi connectivity index (χ0) is 18.9. The number of rotatable bonds is 7. The molecule has 0 heterocycles. The molecular weight excluding hydrogens is 328 g/mol. The molecule has 0 saturated carbocycles. The van der Waals surface area contributed by atoms with E-state index in [0.717, 1.165) is 5.56 Å². The zero-order valence-electron chi connectivity index (χ0n) is 15.0. The molecule has 134 valence electrons. The van der Waals surface area contributed by atoms with Crippen LogP contribution in [0.15, 0.2) is 48.5 Å². The molecule has 0 aliphatic heterocycles. The van der Waals surface area contributed by atoms with Crippen molar-refractivity contribution in [3.8, 4) is 6.07 Å². The van der Waals surface area contributed by atoms with Crippen LogP contribution < -0.4 is 10.6 Å². The van der Waals surface area contributed by atoms with E-state index in [4.69, 9.17) is 5.26 Å². The Hall–Kier alpha value is -3.17. The average Bonchev–Trinajstić information content (AvgIpc) is 2.67. The number of hydrogen-bond donors (Lipinski definition) is 2. The molecule has 0 aliphatic rings. The number of para-hydroxylation sites is 1. The van der Waals surface area contributed by atoms with Gasteiger partial charge in [0.25, 0.3) is 5.91 Å². The van der Waals surface area contributed by atoms with Crippen LogP contribution in [-0.4, -0.2) is 37.4 Å². The molecular formula is C20H22N4O2. The minimum absolute atomic E-state index is 0.112. The summed E-state index contributed by atoms with van der Waals surface area (Å²) >= 11 is 0. The van der Waals surface area contributed by atoms with Crippen molar-refractivity contribution in [3.63, 3.8) is 0 Å². The Morgan fingerprint density at radius 2 is 1.81 bits per heavy atom. The van der Waals surface area contributed by atoms with E-state index in [1.807, 2.05) is 24.1 Å². The second-order valence-corrected chi connectivity index (χ2v) is 5.97. The molecule has 0 radical (unpaired) electrons. The standard InChI is InChI=1S/C20H22N4O2/c1-22-20(26)16-9-7-15(8-10-16)14-24(2)12-11-19(25)23-18-6-4-3-5-17(18)13-21/h3-10H,11-12,14H2,1-2H3,(H,22,26)(H,23,25). The van der Waals surface area contributed by atoms with E-state index in [2.05, 4.69) is 16.7 Å². The lowest BCUT2D eigenvalue weighted by molar-refractivity contribution is -0.116. The van der Waals surface area contributed by atoms with Gasteiger partial charge in [0.05, 0.1) is 11.3 Å². The van der Waals surface area contributed by atoms with E-state index in [1.165, 1.54) is 0 Å². The Balaban J connectivity index is 1.82. The van der Waals surface area contributed by atoms with Gasteiger partial charge in [0.2, 0.25) is 5.91 Å². The summed E-state index contributed by atoms with van der Waals surface area (Å²) in [6.45, 7) is 1.26. The number of anilines is 1. The number of carbonyl (C=O) groups is 2. The predicted octanol–water partition coefficient (Wildman–Crippen LogP) is 2.38. The molecule has 0 bridgehead atoms. The van der Waals surface area contributed by atoms with Crippen LogP contribution >= 0.6 is 0 Å². The largest absolute Gasteiger partial charge is 0.355 e. The number of amides is 2. The minimum atomic E-state index is -0.130. The van der Waals surface area contributed by atoms with Crippen molar-refractivity contribution >= 4 is 17.5 Å². The highest BCUT2D eigenvalue weighted by Crippen LogP contribution is 2.14. The van der Waals surface area contributed by atoms with Gasteiger partial charge in [-0.15, -0.1) is 0 Å². The van der Waals surface area contributed by atoms with Gasteiger partial charge in [-0.2, -0.15) is 5.26 Å². The quantitative estimate of drug-likeness (QED) is 0.803. The molecule has 0 unspecified atom stereocenters. The molecule has 6 nitrogen and oxygen atoms in total. The maximum absolute atomic E-state index is 12.1. The van der Waals surface area contributed by atoms with Crippen LogP contribution in [0.4, 0.5) is 5.69 Å². The van der Waals surface area contributed by atoms with Gasteiger partial charge in [0.15, 0.2) is 0 Å². The van der Waals surface area contributed by atoms with Gasteiger partial charge in [-0.3, -0.25) is 9.59 Å². The predicted molar refractivity (Wildman–Crippen MR) is 101 cm³/mol. The van der Waals surface area contributed by atoms with Crippen molar-refractivity contribution in [1.29, 1.82) is 5.26 Å². The summed E-state index contributed by atoms with van der Waals surface area (Å²) in [5.74, 6) is -0.242. The van der Waals surface area contributed by atoms with Crippen LogP contribution in [0.1, 0.15) is 27.9 Å². The number of benzene rings is 2. The molecule has 0 saturated heterocycles. The van der Waals surface area contributed by atoms with Gasteiger partial charge in [-0.1, -0.05) is 24.3 Å². The minimum Gasteiger partial charge on any atom is -0.355 e. The highest BCUT2D eigenvalue weighted by Gasteiger charge is 2.09. The summed E-state index contributed by atoms with van der Waals surface area (Å²) in [6.07, 6.45) is 0.326. The second-order valence-electron chi connectivity index (χ2n) is 5.97. The van der Waals surface area contributed by atoms with Crippen molar-refractivity contribution in [3.05, 3.63) is 65.2 Å². The molecule has 2 rings (SSSR count). The van der Waals surface area contributed by atoms with Crippen molar-refractivity contribution in [2.24, 2.45) is 0 Å².